The topological polar surface area (TPSA) is 71.5 Å². The number of nitrogens with zero attached hydrogens (tertiary/aromatic N) is 2. The van der Waals surface area contributed by atoms with Gasteiger partial charge in [-0.2, -0.15) is 0 Å². The van der Waals surface area contributed by atoms with Crippen LogP contribution in [0.5, 0.6) is 5.75 Å². The van der Waals surface area contributed by atoms with Crippen molar-refractivity contribution in [3.05, 3.63) is 59.6 Å². The number of amides is 2. The van der Waals surface area contributed by atoms with Crippen molar-refractivity contribution in [2.24, 2.45) is 0 Å². The first-order valence-corrected chi connectivity index (χ1v) is 10.3. The summed E-state index contributed by atoms with van der Waals surface area (Å²) in [5, 5.41) is 5.82. The van der Waals surface area contributed by atoms with Gasteiger partial charge in [0.2, 0.25) is 5.91 Å². The lowest BCUT2D eigenvalue weighted by atomic mass is 10.1. The largest absolute Gasteiger partial charge is 0.484 e. The molecule has 7 heteroatoms. The molecule has 148 valence electrons. The summed E-state index contributed by atoms with van der Waals surface area (Å²) < 4.78 is 5.73. The minimum Gasteiger partial charge on any atom is -0.484 e. The zero-order valence-electron chi connectivity index (χ0n) is 16.2. The molecule has 0 fully saturated rings. The SMILES string of the molecule is Cc1csc(-c2ccc(OCC(=O)N3c4ccccc4NC(=O)C[C@@H]3C)cc2)n1. The van der Waals surface area contributed by atoms with Crippen LogP contribution in [0, 0.1) is 6.92 Å². The molecule has 0 radical (unpaired) electrons. The molecule has 0 bridgehead atoms. The molecule has 1 aromatic heterocycles. The van der Waals surface area contributed by atoms with Crippen LogP contribution in [0.1, 0.15) is 19.0 Å². The number of carbonyl (C=O) groups excluding carboxylic acids is 2. The maximum Gasteiger partial charge on any atom is 0.265 e. The number of rotatable bonds is 4. The Hall–Kier alpha value is -3.19. The highest BCUT2D eigenvalue weighted by Gasteiger charge is 2.29. The van der Waals surface area contributed by atoms with E-state index < -0.39 is 0 Å². The van der Waals surface area contributed by atoms with E-state index in [0.29, 0.717) is 17.1 Å². The molecule has 6 nitrogen and oxygen atoms in total. The van der Waals surface area contributed by atoms with Crippen LogP contribution in [0.2, 0.25) is 0 Å². The third-order valence-corrected chi connectivity index (χ3v) is 5.72. The van der Waals surface area contributed by atoms with E-state index in [2.05, 4.69) is 10.3 Å². The van der Waals surface area contributed by atoms with Crippen molar-refractivity contribution in [1.82, 2.24) is 4.98 Å². The molecule has 29 heavy (non-hydrogen) atoms. The average Bonchev–Trinajstić information content (AvgIpc) is 3.09. The van der Waals surface area contributed by atoms with Crippen molar-refractivity contribution in [3.8, 4) is 16.3 Å². The summed E-state index contributed by atoms with van der Waals surface area (Å²) in [4.78, 5) is 31.1. The van der Waals surface area contributed by atoms with E-state index in [-0.39, 0.29) is 30.9 Å². The second-order valence-electron chi connectivity index (χ2n) is 6.99. The van der Waals surface area contributed by atoms with Crippen molar-refractivity contribution in [2.75, 3.05) is 16.8 Å². The number of ether oxygens (including phenoxy) is 1. The zero-order valence-corrected chi connectivity index (χ0v) is 17.0. The fourth-order valence-electron chi connectivity index (χ4n) is 3.36. The van der Waals surface area contributed by atoms with E-state index in [1.54, 1.807) is 22.3 Å². The van der Waals surface area contributed by atoms with E-state index in [1.807, 2.05) is 61.7 Å². The van der Waals surface area contributed by atoms with Crippen molar-refractivity contribution >= 4 is 34.5 Å². The quantitative estimate of drug-likeness (QED) is 0.701. The molecule has 0 saturated carbocycles. The normalized spacial score (nSPS) is 16.0. The third-order valence-electron chi connectivity index (χ3n) is 4.71. The van der Waals surface area contributed by atoms with Gasteiger partial charge in [0.25, 0.3) is 5.91 Å². The van der Waals surface area contributed by atoms with Crippen LogP contribution < -0.4 is 15.0 Å². The number of aromatic nitrogens is 1. The summed E-state index contributed by atoms with van der Waals surface area (Å²) in [5.41, 5.74) is 3.34. The molecule has 0 unspecified atom stereocenters. The van der Waals surface area contributed by atoms with E-state index in [9.17, 15) is 9.59 Å². The Morgan fingerprint density at radius 1 is 1.24 bits per heavy atom. The average molecular weight is 407 g/mol. The minimum atomic E-state index is -0.259. The summed E-state index contributed by atoms with van der Waals surface area (Å²) in [6, 6.07) is 14.6. The molecule has 2 heterocycles. The van der Waals surface area contributed by atoms with Gasteiger partial charge in [0.05, 0.1) is 11.4 Å². The third kappa shape index (κ3) is 4.14. The molecular weight excluding hydrogens is 386 g/mol. The van der Waals surface area contributed by atoms with Crippen LogP contribution in [0.25, 0.3) is 10.6 Å². The van der Waals surface area contributed by atoms with Crippen molar-refractivity contribution in [3.63, 3.8) is 0 Å². The first kappa shape index (κ1) is 19.1. The van der Waals surface area contributed by atoms with Crippen molar-refractivity contribution < 1.29 is 14.3 Å². The van der Waals surface area contributed by atoms with Gasteiger partial charge >= 0.3 is 0 Å². The Labute approximate surface area is 173 Å². The Kier molecular flexibility index (Phi) is 5.31. The van der Waals surface area contributed by atoms with Gasteiger partial charge in [-0.25, -0.2) is 4.98 Å². The number of aryl methyl sites for hydroxylation is 1. The van der Waals surface area contributed by atoms with Crippen molar-refractivity contribution in [2.45, 2.75) is 26.3 Å². The Morgan fingerprint density at radius 3 is 2.72 bits per heavy atom. The second-order valence-corrected chi connectivity index (χ2v) is 7.85. The smallest absolute Gasteiger partial charge is 0.265 e. The van der Waals surface area contributed by atoms with Gasteiger partial charge in [-0.05, 0) is 50.2 Å². The number of hydrogen-bond acceptors (Lipinski definition) is 5. The lowest BCUT2D eigenvalue weighted by Crippen LogP contribution is -2.41. The molecule has 2 amide bonds. The van der Waals surface area contributed by atoms with E-state index >= 15 is 0 Å². The highest BCUT2D eigenvalue weighted by molar-refractivity contribution is 7.13. The molecule has 1 atom stereocenters. The summed E-state index contributed by atoms with van der Waals surface area (Å²) in [6.45, 7) is 3.72. The molecule has 0 spiro atoms. The van der Waals surface area contributed by atoms with Crippen LogP contribution in [0.15, 0.2) is 53.9 Å². The van der Waals surface area contributed by atoms with Crippen LogP contribution in [0.3, 0.4) is 0 Å². The first-order valence-electron chi connectivity index (χ1n) is 9.37. The predicted molar refractivity (Wildman–Crippen MR) is 114 cm³/mol. The number of nitrogens with one attached hydrogen (secondary N) is 1. The van der Waals surface area contributed by atoms with Crippen LogP contribution in [0.4, 0.5) is 11.4 Å². The maximum absolute atomic E-state index is 12.9. The predicted octanol–water partition coefficient (Wildman–Crippen LogP) is 4.26. The molecule has 2 aromatic carbocycles. The van der Waals surface area contributed by atoms with Crippen LogP contribution >= 0.6 is 11.3 Å². The molecule has 3 aromatic rings. The van der Waals surface area contributed by atoms with E-state index in [1.165, 1.54) is 0 Å². The Bertz CT molecular complexity index is 1050. The van der Waals surface area contributed by atoms with Crippen molar-refractivity contribution in [1.29, 1.82) is 0 Å². The lowest BCUT2D eigenvalue weighted by Gasteiger charge is -2.27. The fraction of sp³-hybridized carbons (Fsp3) is 0.227. The van der Waals surface area contributed by atoms with E-state index in [0.717, 1.165) is 16.3 Å². The van der Waals surface area contributed by atoms with Gasteiger partial charge in [-0.15, -0.1) is 11.3 Å². The molecule has 0 saturated heterocycles. The number of fused-ring (bicyclic) bond motifs is 1. The number of carbonyl (C=O) groups is 2. The van der Waals surface area contributed by atoms with Gasteiger partial charge in [0.15, 0.2) is 6.61 Å². The number of benzene rings is 2. The summed E-state index contributed by atoms with van der Waals surface area (Å²) in [6.07, 6.45) is 0.238. The van der Waals surface area contributed by atoms with Gasteiger partial charge < -0.3 is 15.0 Å². The molecule has 1 aliphatic rings. The first-order chi connectivity index (χ1) is 14.0. The second kappa shape index (κ2) is 8.05. The number of thiazole rings is 1. The lowest BCUT2D eigenvalue weighted by molar-refractivity contribution is -0.121. The Balaban J connectivity index is 1.47. The van der Waals surface area contributed by atoms with Gasteiger partial charge in [-0.1, -0.05) is 12.1 Å². The van der Waals surface area contributed by atoms with Gasteiger partial charge in [0.1, 0.15) is 10.8 Å². The molecule has 1 aliphatic heterocycles. The monoisotopic (exact) mass is 407 g/mol. The maximum atomic E-state index is 12.9. The van der Waals surface area contributed by atoms with E-state index in [4.69, 9.17) is 4.74 Å². The molecule has 0 aliphatic carbocycles. The number of para-hydroxylation sites is 2. The molecule has 4 rings (SSSR count). The van der Waals surface area contributed by atoms with Crippen LogP contribution in [-0.4, -0.2) is 29.4 Å². The van der Waals surface area contributed by atoms with Crippen LogP contribution in [-0.2, 0) is 9.59 Å². The summed E-state index contributed by atoms with van der Waals surface area (Å²) in [7, 11) is 0. The Morgan fingerprint density at radius 2 is 2.00 bits per heavy atom. The fourth-order valence-corrected chi connectivity index (χ4v) is 4.17. The molecular formula is C22H21N3O3S. The molecule has 1 N–H and O–H groups in total. The summed E-state index contributed by atoms with van der Waals surface area (Å²) in [5.74, 6) is 0.315. The number of anilines is 2. The standard InChI is InChI=1S/C22H21N3O3S/c1-14-13-29-22(23-14)16-7-9-17(10-8-16)28-12-21(27)25-15(2)11-20(26)24-18-5-3-4-6-19(18)25/h3-10,13,15H,11-12H2,1-2H3,(H,24,26)/t15-/m0/s1. The van der Waals surface area contributed by atoms with Gasteiger partial charge in [0, 0.05) is 29.1 Å². The highest BCUT2D eigenvalue weighted by atomic mass is 32.1. The number of hydrogen-bond donors (Lipinski definition) is 1. The zero-order chi connectivity index (χ0) is 20.4. The minimum absolute atomic E-state index is 0.103. The van der Waals surface area contributed by atoms with Gasteiger partial charge in [-0.3, -0.25) is 9.59 Å². The highest BCUT2D eigenvalue weighted by Crippen LogP contribution is 2.31. The summed E-state index contributed by atoms with van der Waals surface area (Å²) >= 11 is 1.60.